The highest BCUT2D eigenvalue weighted by molar-refractivity contribution is 5.75. The third-order valence-corrected chi connectivity index (χ3v) is 4.33. The van der Waals surface area contributed by atoms with Gasteiger partial charge in [0.05, 0.1) is 25.3 Å². The third-order valence-electron chi connectivity index (χ3n) is 4.33. The molecule has 154 valence electrons. The molecule has 9 heteroatoms. The molecule has 0 N–H and O–H groups in total. The van der Waals surface area contributed by atoms with Crippen LogP contribution in [0, 0.1) is 5.82 Å². The Morgan fingerprint density at radius 3 is 2.50 bits per heavy atom. The molecule has 2 aliphatic heterocycles. The molecule has 1 saturated heterocycles. The third kappa shape index (κ3) is 4.76. The SMILES string of the molecule is CC(C)(C)OC(=O)N1C2C=C(c3ccc(OC(F)(F)F)c(F)c3)CC1COC2. The molecule has 3 rings (SSSR count). The molecule has 0 radical (unpaired) electrons. The minimum absolute atomic E-state index is 0.261. The predicted molar refractivity (Wildman–Crippen MR) is 92.1 cm³/mol. The highest BCUT2D eigenvalue weighted by atomic mass is 19.4. The molecule has 1 aromatic rings. The maximum atomic E-state index is 14.1. The minimum Gasteiger partial charge on any atom is -0.444 e. The molecule has 0 spiro atoms. The molecular weight excluding hydrogens is 382 g/mol. The van der Waals surface area contributed by atoms with Crippen molar-refractivity contribution in [2.75, 3.05) is 13.2 Å². The summed E-state index contributed by atoms with van der Waals surface area (Å²) in [5.74, 6) is -1.99. The number of carbonyl (C=O) groups is 1. The second-order valence-corrected chi connectivity index (χ2v) is 7.74. The van der Waals surface area contributed by atoms with Crippen LogP contribution in [0.15, 0.2) is 24.3 Å². The van der Waals surface area contributed by atoms with Crippen molar-refractivity contribution in [2.45, 2.75) is 51.2 Å². The zero-order valence-corrected chi connectivity index (χ0v) is 15.7. The molecule has 1 amide bonds. The fourth-order valence-corrected chi connectivity index (χ4v) is 3.32. The van der Waals surface area contributed by atoms with Crippen LogP contribution in [-0.2, 0) is 9.47 Å². The number of fused-ring (bicyclic) bond motifs is 2. The van der Waals surface area contributed by atoms with Crippen molar-refractivity contribution in [1.82, 2.24) is 4.90 Å². The summed E-state index contributed by atoms with van der Waals surface area (Å²) in [6, 6.07) is 2.63. The van der Waals surface area contributed by atoms with Crippen molar-refractivity contribution >= 4 is 11.7 Å². The maximum Gasteiger partial charge on any atom is 0.573 e. The Morgan fingerprint density at radius 1 is 1.21 bits per heavy atom. The van der Waals surface area contributed by atoms with Gasteiger partial charge in [0, 0.05) is 0 Å². The van der Waals surface area contributed by atoms with E-state index in [2.05, 4.69) is 4.74 Å². The average Bonchev–Trinajstić information content (AvgIpc) is 2.52. The molecule has 1 aromatic carbocycles. The predicted octanol–water partition coefficient (Wildman–Crippen LogP) is 4.52. The monoisotopic (exact) mass is 403 g/mol. The van der Waals surface area contributed by atoms with Crippen LogP contribution in [0.5, 0.6) is 5.75 Å². The first-order chi connectivity index (χ1) is 12.9. The van der Waals surface area contributed by atoms with Crippen molar-refractivity contribution < 1.29 is 36.6 Å². The summed E-state index contributed by atoms with van der Waals surface area (Å²) in [7, 11) is 0. The Kier molecular flexibility index (Phi) is 5.31. The van der Waals surface area contributed by atoms with Crippen LogP contribution >= 0.6 is 0 Å². The fraction of sp³-hybridized carbons (Fsp3) is 0.526. The average molecular weight is 403 g/mol. The molecule has 28 heavy (non-hydrogen) atoms. The summed E-state index contributed by atoms with van der Waals surface area (Å²) in [5, 5.41) is 0. The smallest absolute Gasteiger partial charge is 0.444 e. The number of ether oxygens (including phenoxy) is 3. The van der Waals surface area contributed by atoms with Crippen molar-refractivity contribution in [3.05, 3.63) is 35.7 Å². The van der Waals surface area contributed by atoms with E-state index >= 15 is 0 Å². The largest absolute Gasteiger partial charge is 0.573 e. The molecule has 0 saturated carbocycles. The van der Waals surface area contributed by atoms with E-state index in [-0.39, 0.29) is 12.6 Å². The number of hydrogen-bond donors (Lipinski definition) is 0. The van der Waals surface area contributed by atoms with E-state index in [0.717, 1.165) is 17.7 Å². The van der Waals surface area contributed by atoms with E-state index in [9.17, 15) is 22.4 Å². The number of benzene rings is 1. The molecule has 2 unspecified atom stereocenters. The second kappa shape index (κ2) is 7.27. The Bertz CT molecular complexity index is 785. The molecule has 1 fully saturated rings. The highest BCUT2D eigenvalue weighted by Crippen LogP contribution is 2.35. The molecule has 0 aliphatic carbocycles. The van der Waals surface area contributed by atoms with Gasteiger partial charge in [-0.3, -0.25) is 4.90 Å². The lowest BCUT2D eigenvalue weighted by atomic mass is 9.90. The number of hydrogen-bond acceptors (Lipinski definition) is 4. The van der Waals surface area contributed by atoms with E-state index in [0.29, 0.717) is 18.6 Å². The van der Waals surface area contributed by atoms with Gasteiger partial charge in [-0.1, -0.05) is 12.1 Å². The van der Waals surface area contributed by atoms with Crippen LogP contribution in [0.2, 0.25) is 0 Å². The van der Waals surface area contributed by atoms with Crippen LogP contribution in [0.3, 0.4) is 0 Å². The summed E-state index contributed by atoms with van der Waals surface area (Å²) < 4.78 is 65.6. The summed E-state index contributed by atoms with van der Waals surface area (Å²) in [6.45, 7) is 5.88. The Morgan fingerprint density at radius 2 is 1.93 bits per heavy atom. The van der Waals surface area contributed by atoms with Gasteiger partial charge in [-0.15, -0.1) is 13.2 Å². The second-order valence-electron chi connectivity index (χ2n) is 7.74. The van der Waals surface area contributed by atoms with Crippen LogP contribution in [-0.4, -0.2) is 48.3 Å². The maximum absolute atomic E-state index is 14.1. The summed E-state index contributed by atoms with van der Waals surface area (Å²) in [4.78, 5) is 14.1. The first-order valence-corrected chi connectivity index (χ1v) is 8.78. The first-order valence-electron chi connectivity index (χ1n) is 8.78. The number of carbonyl (C=O) groups excluding carboxylic acids is 1. The molecule has 0 aromatic heterocycles. The van der Waals surface area contributed by atoms with E-state index in [1.54, 1.807) is 31.7 Å². The minimum atomic E-state index is -4.96. The van der Waals surface area contributed by atoms with Crippen LogP contribution in [0.4, 0.5) is 22.4 Å². The van der Waals surface area contributed by atoms with Gasteiger partial charge in [0.25, 0.3) is 0 Å². The van der Waals surface area contributed by atoms with Gasteiger partial charge in [-0.25, -0.2) is 9.18 Å². The topological polar surface area (TPSA) is 48.0 Å². The van der Waals surface area contributed by atoms with E-state index < -0.39 is 35.7 Å². The Labute approximate surface area is 159 Å². The molecule has 2 heterocycles. The normalized spacial score (nSPS) is 22.5. The van der Waals surface area contributed by atoms with Crippen LogP contribution in [0.25, 0.3) is 5.57 Å². The van der Waals surface area contributed by atoms with Gasteiger partial charge in [0.2, 0.25) is 0 Å². The van der Waals surface area contributed by atoms with Gasteiger partial charge >= 0.3 is 12.5 Å². The first kappa shape index (κ1) is 20.4. The highest BCUT2D eigenvalue weighted by Gasteiger charge is 2.40. The number of nitrogens with zero attached hydrogens (tertiary/aromatic N) is 1. The Hall–Kier alpha value is -2.29. The lowest BCUT2D eigenvalue weighted by molar-refractivity contribution is -0.275. The molecule has 2 atom stereocenters. The number of rotatable bonds is 2. The standard InChI is InChI=1S/C19H21F4NO4/c1-18(2,3)28-17(25)24-13-6-12(7-14(24)10-26-9-13)11-4-5-16(15(20)8-11)27-19(21,22)23/h4-6,8,13-14H,7,9-10H2,1-3H3. The summed E-state index contributed by atoms with van der Waals surface area (Å²) in [5.41, 5.74) is 0.525. The lowest BCUT2D eigenvalue weighted by Crippen LogP contribution is -2.57. The van der Waals surface area contributed by atoms with Gasteiger partial charge in [0.15, 0.2) is 11.6 Å². The van der Waals surface area contributed by atoms with E-state index in [1.807, 2.05) is 0 Å². The number of alkyl halides is 3. The van der Waals surface area contributed by atoms with Crippen molar-refractivity contribution in [3.63, 3.8) is 0 Å². The molecule has 2 bridgehead atoms. The van der Waals surface area contributed by atoms with Crippen molar-refractivity contribution in [1.29, 1.82) is 0 Å². The van der Waals surface area contributed by atoms with Gasteiger partial charge in [-0.05, 0) is 50.5 Å². The fourth-order valence-electron chi connectivity index (χ4n) is 3.32. The number of halogens is 4. The molecular formula is C19H21F4NO4. The quantitative estimate of drug-likeness (QED) is 0.682. The van der Waals surface area contributed by atoms with Crippen molar-refractivity contribution in [3.8, 4) is 5.75 Å². The van der Waals surface area contributed by atoms with Crippen LogP contribution < -0.4 is 4.74 Å². The number of morpholine rings is 1. The van der Waals surface area contributed by atoms with E-state index in [4.69, 9.17) is 9.47 Å². The molecule has 5 nitrogen and oxygen atoms in total. The molecule has 2 aliphatic rings. The van der Waals surface area contributed by atoms with Gasteiger partial charge in [-0.2, -0.15) is 0 Å². The van der Waals surface area contributed by atoms with Gasteiger partial charge < -0.3 is 14.2 Å². The van der Waals surface area contributed by atoms with Crippen LogP contribution in [0.1, 0.15) is 32.8 Å². The summed E-state index contributed by atoms with van der Waals surface area (Å²) >= 11 is 0. The zero-order valence-electron chi connectivity index (χ0n) is 15.7. The number of amides is 1. The van der Waals surface area contributed by atoms with Gasteiger partial charge in [0.1, 0.15) is 5.60 Å². The summed E-state index contributed by atoms with van der Waals surface area (Å²) in [6.07, 6.45) is -3.29. The zero-order chi connectivity index (χ0) is 20.7. The Balaban J connectivity index is 1.83. The van der Waals surface area contributed by atoms with E-state index in [1.165, 1.54) is 6.07 Å². The van der Waals surface area contributed by atoms with Crippen molar-refractivity contribution in [2.24, 2.45) is 0 Å². The lowest BCUT2D eigenvalue weighted by Gasteiger charge is -2.44.